The number of rotatable bonds is 10. The lowest BCUT2D eigenvalue weighted by Crippen LogP contribution is -2.70. The van der Waals surface area contributed by atoms with Crippen LogP contribution in [0.15, 0.2) is 0 Å². The zero-order valence-corrected chi connectivity index (χ0v) is 35.4. The molecule has 0 aliphatic carbocycles. The van der Waals surface area contributed by atoms with Crippen LogP contribution in [-0.2, 0) is 47.8 Å². The largest absolute Gasteiger partial charge is 0.458 e. The minimum Gasteiger partial charge on any atom is -0.458 e. The molecular weight excluding hydrogens is 792 g/mol. The minimum absolute atomic E-state index is 0.0475. The van der Waals surface area contributed by atoms with Gasteiger partial charge in [0.05, 0.1) is 19.3 Å². The molecule has 6 amide bonds. The van der Waals surface area contributed by atoms with Crippen LogP contribution in [0.25, 0.3) is 0 Å². The van der Waals surface area contributed by atoms with E-state index in [9.17, 15) is 54.2 Å². The maximum Gasteiger partial charge on any atom is 0.331 e. The highest BCUT2D eigenvalue weighted by molar-refractivity contribution is 5.97. The van der Waals surface area contributed by atoms with Crippen LogP contribution in [0, 0.1) is 5.92 Å². The Balaban J connectivity index is 1.70. The number of esters is 1. The maximum atomic E-state index is 14.6. The van der Waals surface area contributed by atoms with Crippen molar-refractivity contribution in [2.75, 3.05) is 33.4 Å². The summed E-state index contributed by atoms with van der Waals surface area (Å²) in [6.07, 6.45) is 3.67. The van der Waals surface area contributed by atoms with E-state index in [1.165, 1.54) is 14.0 Å². The fourth-order valence-electron chi connectivity index (χ4n) is 7.95. The summed E-state index contributed by atoms with van der Waals surface area (Å²) < 4.78 is 16.6. The second-order valence-electron chi connectivity index (χ2n) is 16.3. The molecule has 0 aromatic heterocycles. The first-order chi connectivity index (χ1) is 28.3. The molecule has 0 bridgehead atoms. The number of hydrazine groups is 2. The van der Waals surface area contributed by atoms with Gasteiger partial charge in [0, 0.05) is 26.6 Å². The Morgan fingerprint density at radius 3 is 2.13 bits per heavy atom. The quantitative estimate of drug-likeness (QED) is 0.0712. The van der Waals surface area contributed by atoms with E-state index in [0.717, 1.165) is 56.0 Å². The predicted octanol–water partition coefficient (Wildman–Crippen LogP) is -1.41. The summed E-state index contributed by atoms with van der Waals surface area (Å²) in [4.78, 5) is 96.5. The van der Waals surface area contributed by atoms with Crippen molar-refractivity contribution in [3.05, 3.63) is 0 Å². The number of unbranched alkanes of at least 4 members (excludes halogenated alkanes) is 3. The zero-order valence-electron chi connectivity index (χ0n) is 35.4. The molecule has 22 heteroatoms. The number of hydroxylamine groups is 4. The molecule has 4 aliphatic rings. The summed E-state index contributed by atoms with van der Waals surface area (Å²) in [5, 5.41) is 52.1. The Labute approximate surface area is 349 Å². The first-order valence-corrected chi connectivity index (χ1v) is 20.9. The molecular formula is C38H64N8O14. The second-order valence-corrected chi connectivity index (χ2v) is 16.3. The number of methoxy groups -OCH3 is 1. The van der Waals surface area contributed by atoms with Gasteiger partial charge in [0.2, 0.25) is 11.7 Å². The number of hydrogen-bond donors (Lipinski definition) is 8. The SMILES string of the molecule is CCCCCC[C@@H]1CC[C@@](O)([C@](C)(O)C(=O)N[C@@H]2C(=O)N3NCCC[C@H]3C(=O)N(O)[C@@H](COC)C(=O)NCC(=O)N3NCCC[C@@H]3C(=O)N(O)[C@@H](C)C(=O)O[C@H]2C)O[C@@H]1C. The lowest BCUT2D eigenvalue weighted by Gasteiger charge is -2.47. The molecule has 0 aromatic rings. The van der Waals surface area contributed by atoms with E-state index in [1.54, 1.807) is 6.92 Å². The Morgan fingerprint density at radius 2 is 1.52 bits per heavy atom. The second kappa shape index (κ2) is 21.2. The third kappa shape index (κ3) is 10.9. The molecule has 10 atom stereocenters. The van der Waals surface area contributed by atoms with Gasteiger partial charge in [0.1, 0.15) is 24.2 Å². The van der Waals surface area contributed by atoms with E-state index in [2.05, 4.69) is 28.4 Å². The van der Waals surface area contributed by atoms with Gasteiger partial charge in [-0.25, -0.2) is 25.8 Å². The fraction of sp³-hybridized carbons (Fsp3) is 0.816. The molecule has 340 valence electrons. The van der Waals surface area contributed by atoms with Gasteiger partial charge in [-0.1, -0.05) is 32.6 Å². The van der Waals surface area contributed by atoms with Crippen molar-refractivity contribution >= 4 is 41.4 Å². The van der Waals surface area contributed by atoms with Crippen LogP contribution >= 0.6 is 0 Å². The summed E-state index contributed by atoms with van der Waals surface area (Å²) in [7, 11) is 1.20. The minimum atomic E-state index is -2.70. The lowest BCUT2D eigenvalue weighted by atomic mass is 9.80. The number of nitrogens with one attached hydrogen (secondary N) is 4. The van der Waals surface area contributed by atoms with Crippen molar-refractivity contribution in [1.29, 1.82) is 0 Å². The van der Waals surface area contributed by atoms with Crippen LogP contribution < -0.4 is 21.5 Å². The molecule has 0 unspecified atom stereocenters. The molecule has 60 heavy (non-hydrogen) atoms. The standard InChI is InChI=1S/C38H64N8O14/c1-7-8-9-10-13-25-16-17-38(55,60-23(25)3)37(5,54)36(53)42-30-24(4)59-35(52)22(2)45(56)32(49)26-14-11-18-40-43(26)29(47)20-39-31(48)28(21-58-6)46(57)33(50)27-15-12-19-41-44(27)34(30)51/h22-28,30,40-41,54-57H,7-21H2,1-6H3,(H,39,48)(H,42,53)/t22-,23+,24-,25+,26+,27-,28-,30-,37+,38-/m0/s1. The number of ether oxygens (including phenoxy) is 3. The molecule has 0 saturated carbocycles. The third-order valence-electron chi connectivity index (χ3n) is 11.9. The van der Waals surface area contributed by atoms with E-state index in [0.29, 0.717) is 19.3 Å². The summed E-state index contributed by atoms with van der Waals surface area (Å²) in [5.74, 6) is -10.1. The molecule has 4 aliphatic heterocycles. The van der Waals surface area contributed by atoms with E-state index >= 15 is 0 Å². The molecule has 8 N–H and O–H groups in total. The Hall–Kier alpha value is -4.03. The van der Waals surface area contributed by atoms with Gasteiger partial charge in [-0.15, -0.1) is 0 Å². The highest BCUT2D eigenvalue weighted by Crippen LogP contribution is 2.40. The average molecular weight is 857 g/mol. The molecule has 4 heterocycles. The number of nitrogens with zero attached hydrogens (tertiary/aromatic N) is 4. The van der Waals surface area contributed by atoms with Crippen LogP contribution in [-0.4, -0.2) is 169 Å². The Morgan fingerprint density at radius 1 is 0.900 bits per heavy atom. The summed E-state index contributed by atoms with van der Waals surface area (Å²) in [6.45, 7) is 6.27. The van der Waals surface area contributed by atoms with E-state index in [4.69, 9.17) is 14.2 Å². The highest BCUT2D eigenvalue weighted by Gasteiger charge is 2.57. The van der Waals surface area contributed by atoms with Gasteiger partial charge in [0.25, 0.3) is 29.5 Å². The number of fused-ring (bicyclic) bond motifs is 2. The van der Waals surface area contributed by atoms with Crippen LogP contribution in [0.5, 0.6) is 0 Å². The van der Waals surface area contributed by atoms with Crippen molar-refractivity contribution < 1.29 is 68.4 Å². The number of hydrogen-bond acceptors (Lipinski definition) is 16. The molecule has 4 rings (SSSR count). The topological polar surface area (TPSA) is 289 Å². The number of aliphatic hydroxyl groups is 2. The Bertz CT molecular complexity index is 1570. The number of carbonyl (C=O) groups excluding carboxylic acids is 7. The average Bonchev–Trinajstić information content (AvgIpc) is 3.23. The van der Waals surface area contributed by atoms with Crippen LogP contribution in [0.3, 0.4) is 0 Å². The van der Waals surface area contributed by atoms with Crippen molar-refractivity contribution in [2.24, 2.45) is 5.92 Å². The molecule has 4 saturated heterocycles. The molecule has 4 fully saturated rings. The first-order valence-electron chi connectivity index (χ1n) is 20.9. The van der Waals surface area contributed by atoms with Crippen molar-refractivity contribution in [1.82, 2.24) is 41.6 Å². The maximum absolute atomic E-state index is 14.6. The van der Waals surface area contributed by atoms with Crippen LogP contribution in [0.1, 0.15) is 105 Å². The van der Waals surface area contributed by atoms with Gasteiger partial charge in [-0.3, -0.25) is 49.2 Å². The number of cyclic esters (lactones) is 1. The number of carbonyl (C=O) groups is 7. The van der Waals surface area contributed by atoms with Gasteiger partial charge in [-0.2, -0.15) is 0 Å². The summed E-state index contributed by atoms with van der Waals surface area (Å²) >= 11 is 0. The van der Waals surface area contributed by atoms with E-state index in [-0.39, 0.29) is 48.4 Å². The normalized spacial score (nSPS) is 33.1. The summed E-state index contributed by atoms with van der Waals surface area (Å²) in [6, 6.07) is -8.28. The van der Waals surface area contributed by atoms with Crippen LogP contribution in [0.2, 0.25) is 0 Å². The van der Waals surface area contributed by atoms with Crippen molar-refractivity contribution in [3.63, 3.8) is 0 Å². The smallest absolute Gasteiger partial charge is 0.331 e. The lowest BCUT2D eigenvalue weighted by molar-refractivity contribution is -0.325. The summed E-state index contributed by atoms with van der Waals surface area (Å²) in [5.41, 5.74) is 2.81. The monoisotopic (exact) mass is 856 g/mol. The molecule has 0 aromatic carbocycles. The van der Waals surface area contributed by atoms with E-state index in [1.807, 2.05) is 0 Å². The zero-order chi connectivity index (χ0) is 44.5. The van der Waals surface area contributed by atoms with Crippen molar-refractivity contribution in [3.8, 4) is 0 Å². The van der Waals surface area contributed by atoms with E-state index < -0.39 is 108 Å². The predicted molar refractivity (Wildman–Crippen MR) is 206 cm³/mol. The fourth-order valence-corrected chi connectivity index (χ4v) is 7.95. The van der Waals surface area contributed by atoms with Gasteiger partial charge < -0.3 is 35.1 Å². The Kier molecular flexibility index (Phi) is 17.2. The van der Waals surface area contributed by atoms with Crippen LogP contribution in [0.4, 0.5) is 0 Å². The van der Waals surface area contributed by atoms with Gasteiger partial charge in [0.15, 0.2) is 17.7 Å². The third-order valence-corrected chi connectivity index (χ3v) is 11.9. The highest BCUT2D eigenvalue weighted by atomic mass is 16.6. The number of amides is 6. The molecule has 22 nitrogen and oxygen atoms in total. The van der Waals surface area contributed by atoms with Gasteiger partial charge in [-0.05, 0) is 72.1 Å². The molecule has 0 spiro atoms. The first kappa shape index (κ1) is 48.6. The molecule has 0 radical (unpaired) electrons. The van der Waals surface area contributed by atoms with Crippen molar-refractivity contribution in [2.45, 2.75) is 159 Å². The van der Waals surface area contributed by atoms with Gasteiger partial charge >= 0.3 is 5.97 Å².